The number of nitro groups is 1. The molecule has 0 bridgehead atoms. The fourth-order valence-electron chi connectivity index (χ4n) is 2.04. The maximum atomic E-state index is 10.7. The number of ether oxygens (including phenoxy) is 2. The Morgan fingerprint density at radius 2 is 2.08 bits per heavy atom. The molecule has 0 unspecified atom stereocenters. The second kappa shape index (κ2) is 9.03. The smallest absolute Gasteiger partial charge is 0.269 e. The highest BCUT2D eigenvalue weighted by atomic mass is 79.9. The zero-order valence-corrected chi connectivity index (χ0v) is 15.4. The summed E-state index contributed by atoms with van der Waals surface area (Å²) in [7, 11) is 1.56. The van der Waals surface area contributed by atoms with Gasteiger partial charge in [0.2, 0.25) is 0 Å². The van der Waals surface area contributed by atoms with Crippen molar-refractivity contribution in [2.24, 2.45) is 5.16 Å². The first-order valence-electron chi connectivity index (χ1n) is 7.44. The van der Waals surface area contributed by atoms with Crippen molar-refractivity contribution < 1.29 is 19.2 Å². The Labute approximate surface area is 153 Å². The summed E-state index contributed by atoms with van der Waals surface area (Å²) in [5, 5.41) is 14.6. The van der Waals surface area contributed by atoms with Gasteiger partial charge in [0.15, 0.2) is 11.5 Å². The normalized spacial score (nSPS) is 10.7. The third-order valence-corrected chi connectivity index (χ3v) is 3.89. The van der Waals surface area contributed by atoms with Gasteiger partial charge in [-0.05, 0) is 40.5 Å². The molecule has 2 aromatic carbocycles. The number of methoxy groups -OCH3 is 1. The number of hydrogen-bond donors (Lipinski definition) is 0. The molecule has 0 aliphatic heterocycles. The summed E-state index contributed by atoms with van der Waals surface area (Å²) in [6.07, 6.45) is 1.53. The second-order valence-electron chi connectivity index (χ2n) is 4.89. The predicted octanol–water partition coefficient (Wildman–Crippen LogP) is 4.32. The van der Waals surface area contributed by atoms with Gasteiger partial charge in [-0.3, -0.25) is 10.1 Å². The molecule has 0 N–H and O–H groups in total. The van der Waals surface area contributed by atoms with Gasteiger partial charge in [0, 0.05) is 22.2 Å². The minimum absolute atomic E-state index is 0.0177. The zero-order valence-electron chi connectivity index (χ0n) is 13.8. The van der Waals surface area contributed by atoms with E-state index >= 15 is 0 Å². The first-order valence-corrected chi connectivity index (χ1v) is 8.23. The van der Waals surface area contributed by atoms with Crippen LogP contribution in [0, 0.1) is 10.1 Å². The lowest BCUT2D eigenvalue weighted by Gasteiger charge is -2.11. The van der Waals surface area contributed by atoms with Gasteiger partial charge in [-0.25, -0.2) is 0 Å². The molecule has 25 heavy (non-hydrogen) atoms. The lowest BCUT2D eigenvalue weighted by atomic mass is 10.2. The van der Waals surface area contributed by atoms with Crippen molar-refractivity contribution >= 4 is 27.8 Å². The highest BCUT2D eigenvalue weighted by Crippen LogP contribution is 2.32. The molecule has 0 amide bonds. The molecule has 0 heterocycles. The van der Waals surface area contributed by atoms with Gasteiger partial charge in [-0.1, -0.05) is 17.3 Å². The fraction of sp³-hybridized carbons (Fsp3) is 0.235. The van der Waals surface area contributed by atoms with Gasteiger partial charge < -0.3 is 14.3 Å². The summed E-state index contributed by atoms with van der Waals surface area (Å²) in [5.74, 6) is 1.22. The Morgan fingerprint density at radius 3 is 2.76 bits per heavy atom. The molecule has 0 aromatic heterocycles. The van der Waals surface area contributed by atoms with Crippen molar-refractivity contribution in [3.05, 3.63) is 62.1 Å². The summed E-state index contributed by atoms with van der Waals surface area (Å²) in [6.45, 7) is 2.55. The maximum Gasteiger partial charge on any atom is 0.269 e. The van der Waals surface area contributed by atoms with E-state index in [0.717, 1.165) is 10.0 Å². The summed E-state index contributed by atoms with van der Waals surface area (Å²) in [4.78, 5) is 15.5. The minimum atomic E-state index is -0.448. The quantitative estimate of drug-likeness (QED) is 0.369. The maximum absolute atomic E-state index is 10.7. The van der Waals surface area contributed by atoms with Crippen LogP contribution in [0.3, 0.4) is 0 Å². The van der Waals surface area contributed by atoms with Crippen LogP contribution >= 0.6 is 15.9 Å². The Bertz CT molecular complexity index is 780. The van der Waals surface area contributed by atoms with Crippen LogP contribution in [0.5, 0.6) is 11.5 Å². The molecule has 0 atom stereocenters. The van der Waals surface area contributed by atoms with Crippen molar-refractivity contribution in [1.29, 1.82) is 0 Å². The van der Waals surface area contributed by atoms with Crippen molar-refractivity contribution in [3.63, 3.8) is 0 Å². The number of rotatable bonds is 8. The van der Waals surface area contributed by atoms with Gasteiger partial charge in [-0.15, -0.1) is 0 Å². The molecule has 0 aliphatic rings. The number of benzene rings is 2. The molecular weight excluding hydrogens is 392 g/mol. The van der Waals surface area contributed by atoms with Crippen LogP contribution < -0.4 is 9.47 Å². The van der Waals surface area contributed by atoms with Gasteiger partial charge in [-0.2, -0.15) is 0 Å². The Morgan fingerprint density at radius 1 is 1.28 bits per heavy atom. The van der Waals surface area contributed by atoms with Crippen molar-refractivity contribution in [1.82, 2.24) is 0 Å². The third kappa shape index (κ3) is 5.18. The van der Waals surface area contributed by atoms with E-state index < -0.39 is 4.92 Å². The third-order valence-electron chi connectivity index (χ3n) is 3.20. The first-order chi connectivity index (χ1) is 12.0. The summed E-state index contributed by atoms with van der Waals surface area (Å²) < 4.78 is 11.6. The number of hydrogen-bond acceptors (Lipinski definition) is 6. The van der Waals surface area contributed by atoms with Crippen LogP contribution in [0.1, 0.15) is 18.1 Å². The van der Waals surface area contributed by atoms with Crippen LogP contribution in [0.25, 0.3) is 0 Å². The van der Waals surface area contributed by atoms with Crippen LogP contribution in [0.4, 0.5) is 5.69 Å². The Hall–Kier alpha value is -2.61. The van der Waals surface area contributed by atoms with Crippen molar-refractivity contribution in [2.75, 3.05) is 13.7 Å². The van der Waals surface area contributed by atoms with Gasteiger partial charge >= 0.3 is 0 Å². The highest BCUT2D eigenvalue weighted by molar-refractivity contribution is 9.10. The first kappa shape index (κ1) is 18.7. The molecular formula is C17H17BrN2O5. The fourth-order valence-corrected chi connectivity index (χ4v) is 2.47. The molecule has 132 valence electrons. The van der Waals surface area contributed by atoms with Gasteiger partial charge in [0.25, 0.3) is 5.69 Å². The monoisotopic (exact) mass is 408 g/mol. The van der Waals surface area contributed by atoms with Gasteiger partial charge in [0.1, 0.15) is 6.61 Å². The predicted molar refractivity (Wildman–Crippen MR) is 97.3 cm³/mol. The zero-order chi connectivity index (χ0) is 18.2. The largest absolute Gasteiger partial charge is 0.493 e. The van der Waals surface area contributed by atoms with E-state index in [1.54, 1.807) is 31.4 Å². The standard InChI is InChI=1S/C17H17BrN2O5/c1-3-24-17-9-15(18)13(8-16(17)23-2)10-19-25-11-12-5-4-6-14(7-12)20(21)22/h4-10H,3,11H2,1-2H3/b19-10-. The Balaban J connectivity index is 2.04. The van der Waals surface area contributed by atoms with E-state index in [1.165, 1.54) is 18.3 Å². The molecule has 7 nitrogen and oxygen atoms in total. The number of nitro benzene ring substituents is 1. The molecule has 0 spiro atoms. The number of oxime groups is 1. The second-order valence-corrected chi connectivity index (χ2v) is 5.75. The van der Waals surface area contributed by atoms with Crippen molar-refractivity contribution in [2.45, 2.75) is 13.5 Å². The molecule has 0 saturated carbocycles. The molecule has 0 saturated heterocycles. The number of non-ortho nitro benzene ring substituents is 1. The van der Waals surface area contributed by atoms with Crippen LogP contribution in [-0.2, 0) is 11.4 Å². The minimum Gasteiger partial charge on any atom is -0.493 e. The van der Waals surface area contributed by atoms with Crippen LogP contribution in [0.15, 0.2) is 46.0 Å². The molecule has 2 aromatic rings. The summed E-state index contributed by atoms with van der Waals surface area (Å²) in [5.41, 5.74) is 1.43. The van der Waals surface area contributed by atoms with Crippen molar-refractivity contribution in [3.8, 4) is 11.5 Å². The van der Waals surface area contributed by atoms with E-state index in [9.17, 15) is 10.1 Å². The van der Waals surface area contributed by atoms with E-state index in [-0.39, 0.29) is 12.3 Å². The van der Waals surface area contributed by atoms with Crippen LogP contribution in [-0.4, -0.2) is 24.9 Å². The highest BCUT2D eigenvalue weighted by Gasteiger charge is 2.09. The SMILES string of the molecule is CCOc1cc(Br)c(/C=N\OCc2cccc([N+](=O)[O-])c2)cc1OC. The van der Waals surface area contributed by atoms with Crippen LogP contribution in [0.2, 0.25) is 0 Å². The summed E-state index contributed by atoms with van der Waals surface area (Å²) >= 11 is 3.45. The summed E-state index contributed by atoms with van der Waals surface area (Å²) in [6, 6.07) is 9.79. The molecule has 0 radical (unpaired) electrons. The number of nitrogens with zero attached hydrogens (tertiary/aromatic N) is 2. The average Bonchev–Trinajstić information content (AvgIpc) is 2.60. The van der Waals surface area contributed by atoms with E-state index in [0.29, 0.717) is 23.7 Å². The van der Waals surface area contributed by atoms with E-state index in [1.807, 2.05) is 6.92 Å². The van der Waals surface area contributed by atoms with Gasteiger partial charge in [0.05, 0.1) is 24.9 Å². The molecule has 0 fully saturated rings. The Kier molecular flexibility index (Phi) is 6.76. The molecule has 0 aliphatic carbocycles. The topological polar surface area (TPSA) is 83.2 Å². The molecule has 2 rings (SSSR count). The van der Waals surface area contributed by atoms with E-state index in [2.05, 4.69) is 21.1 Å². The molecule has 8 heteroatoms. The number of halogens is 1. The lowest BCUT2D eigenvalue weighted by molar-refractivity contribution is -0.384. The lowest BCUT2D eigenvalue weighted by Crippen LogP contribution is -1.97. The average molecular weight is 409 g/mol. The van der Waals surface area contributed by atoms with E-state index in [4.69, 9.17) is 14.3 Å².